The van der Waals surface area contributed by atoms with Gasteiger partial charge < -0.3 is 4.74 Å². The van der Waals surface area contributed by atoms with Crippen LogP contribution in [0, 0.1) is 40.4 Å². The molecule has 4 aliphatic rings. The van der Waals surface area contributed by atoms with Crippen LogP contribution in [0.5, 0.6) is 0 Å². The van der Waals surface area contributed by atoms with E-state index in [1.54, 1.807) is 6.92 Å². The third-order valence-electron chi connectivity index (χ3n) is 9.12. The zero-order chi connectivity index (χ0) is 19.6. The molecule has 0 bridgehead atoms. The first kappa shape index (κ1) is 19.1. The smallest absolute Gasteiger partial charge is 0.302 e. The second-order valence-corrected chi connectivity index (χ2v) is 10.4. The van der Waals surface area contributed by atoms with Gasteiger partial charge in [0.1, 0.15) is 17.7 Å². The lowest BCUT2D eigenvalue weighted by atomic mass is 9.44. The maximum absolute atomic E-state index is 13.5. The maximum atomic E-state index is 13.5. The summed E-state index contributed by atoms with van der Waals surface area (Å²) in [7, 11) is 0. The first-order valence-corrected chi connectivity index (χ1v) is 10.9. The molecule has 0 heterocycles. The molecule has 0 aromatic rings. The van der Waals surface area contributed by atoms with Gasteiger partial charge in [-0.2, -0.15) is 0 Å². The summed E-state index contributed by atoms with van der Waals surface area (Å²) in [6, 6.07) is 0. The molecule has 0 amide bonds. The molecule has 0 aliphatic heterocycles. The number of ketones is 2. The first-order valence-electron chi connectivity index (χ1n) is 10.9. The van der Waals surface area contributed by atoms with Crippen molar-refractivity contribution in [2.45, 2.75) is 85.2 Å². The van der Waals surface area contributed by atoms with E-state index in [-0.39, 0.29) is 40.5 Å². The van der Waals surface area contributed by atoms with E-state index in [4.69, 9.17) is 4.74 Å². The molecule has 150 valence electrons. The zero-order valence-electron chi connectivity index (χ0n) is 17.3. The normalized spacial score (nSPS) is 49.0. The van der Waals surface area contributed by atoms with Crippen LogP contribution in [0.15, 0.2) is 0 Å². The molecule has 4 fully saturated rings. The van der Waals surface area contributed by atoms with E-state index >= 15 is 0 Å². The molecule has 0 spiro atoms. The van der Waals surface area contributed by atoms with Crippen molar-refractivity contribution in [3.05, 3.63) is 0 Å². The van der Waals surface area contributed by atoms with Gasteiger partial charge in [-0.1, -0.05) is 13.8 Å². The Morgan fingerprint density at radius 1 is 1.00 bits per heavy atom. The number of rotatable bonds is 2. The Balaban J connectivity index is 1.60. The monoisotopic (exact) mass is 374 g/mol. The van der Waals surface area contributed by atoms with Gasteiger partial charge in [-0.25, -0.2) is 0 Å². The van der Waals surface area contributed by atoms with Gasteiger partial charge in [-0.3, -0.25) is 14.4 Å². The van der Waals surface area contributed by atoms with Crippen molar-refractivity contribution in [1.82, 2.24) is 0 Å². The molecule has 0 N–H and O–H groups in total. The third-order valence-corrected chi connectivity index (χ3v) is 9.12. The molecule has 0 saturated heterocycles. The SMILES string of the molecule is CC(=O)O[C@@H]1CC[C@@]2(C)[C@@H](CC[C@H]3[C@H]4CC[C@H](C(C)=O)[C@@]4(C)CC(=O)[C@@H]32)C1. The van der Waals surface area contributed by atoms with Crippen molar-refractivity contribution in [3.8, 4) is 0 Å². The van der Waals surface area contributed by atoms with E-state index in [1.165, 1.54) is 6.92 Å². The molecule has 0 aromatic carbocycles. The first-order chi connectivity index (χ1) is 12.7. The van der Waals surface area contributed by atoms with E-state index in [2.05, 4.69) is 13.8 Å². The Morgan fingerprint density at radius 3 is 2.41 bits per heavy atom. The minimum absolute atomic E-state index is 0.0228. The van der Waals surface area contributed by atoms with Crippen LogP contribution in [0.1, 0.15) is 79.1 Å². The minimum atomic E-state index is -0.192. The van der Waals surface area contributed by atoms with Crippen molar-refractivity contribution < 1.29 is 19.1 Å². The van der Waals surface area contributed by atoms with Crippen LogP contribution in [-0.4, -0.2) is 23.6 Å². The predicted octanol–water partition coefficient (Wildman–Crippen LogP) is 4.35. The average Bonchev–Trinajstić information content (AvgIpc) is 2.91. The van der Waals surface area contributed by atoms with Crippen molar-refractivity contribution in [3.63, 3.8) is 0 Å². The maximum Gasteiger partial charge on any atom is 0.302 e. The highest BCUT2D eigenvalue weighted by Gasteiger charge is 2.63. The van der Waals surface area contributed by atoms with Gasteiger partial charge in [0.15, 0.2) is 0 Å². The number of carbonyl (C=O) groups is 3. The molecular formula is C23H34O4. The summed E-state index contributed by atoms with van der Waals surface area (Å²) in [4.78, 5) is 37.1. The van der Waals surface area contributed by atoms with Crippen LogP contribution in [0.25, 0.3) is 0 Å². The van der Waals surface area contributed by atoms with Crippen LogP contribution in [-0.2, 0) is 19.1 Å². The molecule has 0 unspecified atom stereocenters. The molecular weight excluding hydrogens is 340 g/mol. The largest absolute Gasteiger partial charge is 0.463 e. The van der Waals surface area contributed by atoms with Crippen LogP contribution in [0.2, 0.25) is 0 Å². The molecule has 8 atom stereocenters. The number of esters is 1. The highest BCUT2D eigenvalue weighted by Crippen LogP contribution is 2.66. The van der Waals surface area contributed by atoms with Crippen molar-refractivity contribution >= 4 is 17.5 Å². The molecule has 0 aromatic heterocycles. The van der Waals surface area contributed by atoms with E-state index < -0.39 is 0 Å². The predicted molar refractivity (Wildman–Crippen MR) is 102 cm³/mol. The van der Waals surface area contributed by atoms with E-state index in [0.717, 1.165) is 44.9 Å². The van der Waals surface area contributed by atoms with Crippen LogP contribution >= 0.6 is 0 Å². The molecule has 4 heteroatoms. The van der Waals surface area contributed by atoms with Gasteiger partial charge in [0, 0.05) is 25.2 Å². The Hall–Kier alpha value is -1.19. The minimum Gasteiger partial charge on any atom is -0.463 e. The fourth-order valence-electron chi connectivity index (χ4n) is 8.04. The van der Waals surface area contributed by atoms with Gasteiger partial charge in [0.05, 0.1) is 0 Å². The Labute approximate surface area is 162 Å². The standard InChI is InChI=1S/C23H34O4/c1-13(24)18-7-8-19-17-6-5-15-11-16(27-14(2)25)9-10-22(15,3)21(17)20(26)12-23(18,19)4/h15-19,21H,5-12H2,1-4H3/t15-,16+,17-,18+,19+,21+,22-,23+/m0/s1. The van der Waals surface area contributed by atoms with Gasteiger partial charge in [0.25, 0.3) is 0 Å². The summed E-state index contributed by atoms with van der Waals surface area (Å²) in [5, 5.41) is 0. The molecule has 4 rings (SSSR count). The van der Waals surface area contributed by atoms with Crippen LogP contribution in [0.4, 0.5) is 0 Å². The number of ether oxygens (including phenoxy) is 1. The third kappa shape index (κ3) is 2.81. The van der Waals surface area contributed by atoms with Gasteiger partial charge in [-0.05, 0) is 80.5 Å². The second kappa shape index (κ2) is 6.42. The summed E-state index contributed by atoms with van der Waals surface area (Å²) in [6.45, 7) is 7.75. The molecule has 4 saturated carbocycles. The fourth-order valence-corrected chi connectivity index (χ4v) is 8.04. The topological polar surface area (TPSA) is 60.4 Å². The summed E-state index contributed by atoms with van der Waals surface area (Å²) in [5.41, 5.74) is -0.0888. The van der Waals surface area contributed by atoms with E-state index in [0.29, 0.717) is 30.0 Å². The van der Waals surface area contributed by atoms with Crippen LogP contribution < -0.4 is 0 Å². The van der Waals surface area contributed by atoms with Gasteiger partial charge >= 0.3 is 5.97 Å². The second-order valence-electron chi connectivity index (χ2n) is 10.4. The summed E-state index contributed by atoms with van der Waals surface area (Å²) in [6.07, 6.45) is 7.64. The van der Waals surface area contributed by atoms with Crippen molar-refractivity contribution in [1.29, 1.82) is 0 Å². The lowest BCUT2D eigenvalue weighted by Gasteiger charge is -2.59. The summed E-state index contributed by atoms with van der Waals surface area (Å²) < 4.78 is 5.51. The average molecular weight is 375 g/mol. The summed E-state index contributed by atoms with van der Waals surface area (Å²) >= 11 is 0. The summed E-state index contributed by atoms with van der Waals surface area (Å²) in [5.74, 6) is 2.11. The Kier molecular flexibility index (Phi) is 4.55. The molecule has 4 nitrogen and oxygen atoms in total. The number of carbonyl (C=O) groups excluding carboxylic acids is 3. The van der Waals surface area contributed by atoms with Gasteiger partial charge in [-0.15, -0.1) is 0 Å². The molecule has 0 radical (unpaired) electrons. The van der Waals surface area contributed by atoms with Crippen molar-refractivity contribution in [2.24, 2.45) is 40.4 Å². The highest BCUT2D eigenvalue weighted by atomic mass is 16.5. The fraction of sp³-hybridized carbons (Fsp3) is 0.870. The van der Waals surface area contributed by atoms with E-state index in [9.17, 15) is 14.4 Å². The number of fused-ring (bicyclic) bond motifs is 5. The Morgan fingerprint density at radius 2 is 1.74 bits per heavy atom. The van der Waals surface area contributed by atoms with E-state index in [1.807, 2.05) is 0 Å². The lowest BCUT2D eigenvalue weighted by molar-refractivity contribution is -0.169. The lowest BCUT2D eigenvalue weighted by Crippen LogP contribution is -2.58. The zero-order valence-corrected chi connectivity index (χ0v) is 17.3. The number of hydrogen-bond acceptors (Lipinski definition) is 4. The van der Waals surface area contributed by atoms with Crippen LogP contribution in [0.3, 0.4) is 0 Å². The quantitative estimate of drug-likeness (QED) is 0.675. The molecule has 27 heavy (non-hydrogen) atoms. The van der Waals surface area contributed by atoms with Gasteiger partial charge in [0.2, 0.25) is 0 Å². The highest BCUT2D eigenvalue weighted by molar-refractivity contribution is 5.87. The Bertz CT molecular complexity index is 669. The van der Waals surface area contributed by atoms with Crippen molar-refractivity contribution in [2.75, 3.05) is 0 Å². The number of hydrogen-bond donors (Lipinski definition) is 0. The number of Topliss-reactive ketones (excluding diaryl/α,β-unsaturated/α-hetero) is 2. The molecule has 4 aliphatic carbocycles.